The standard InChI is InChI=1S/C17H19N3O6S/c1-18-13(21)7-19-14(22)8-26-17(25)12(9-27-2)20-15(23)10-5-3-4-6-11(10)16(20)24/h3-6,12H,7-9H2,1-2H3,(H,18,21)(H,19,22)/t12-/m1/s1. The van der Waals surface area contributed by atoms with Crippen molar-refractivity contribution in [1.82, 2.24) is 15.5 Å². The Hall–Kier alpha value is -2.88. The molecule has 1 aromatic rings. The second-order valence-corrected chi connectivity index (χ2v) is 6.47. The molecule has 0 aliphatic carbocycles. The van der Waals surface area contributed by atoms with Gasteiger partial charge in [-0.3, -0.25) is 24.1 Å². The van der Waals surface area contributed by atoms with E-state index in [0.717, 1.165) is 4.90 Å². The molecular weight excluding hydrogens is 374 g/mol. The molecule has 2 N–H and O–H groups in total. The number of carbonyl (C=O) groups excluding carboxylic acids is 5. The van der Waals surface area contributed by atoms with Crippen molar-refractivity contribution in [2.24, 2.45) is 0 Å². The molecule has 1 aromatic carbocycles. The monoisotopic (exact) mass is 393 g/mol. The molecule has 1 aliphatic rings. The molecule has 0 aromatic heterocycles. The highest BCUT2D eigenvalue weighted by atomic mass is 32.2. The van der Waals surface area contributed by atoms with E-state index in [4.69, 9.17) is 4.74 Å². The normalized spacial score (nSPS) is 13.8. The Morgan fingerprint density at radius 2 is 1.70 bits per heavy atom. The first kappa shape index (κ1) is 20.4. The van der Waals surface area contributed by atoms with Crippen LogP contribution >= 0.6 is 11.8 Å². The Morgan fingerprint density at radius 1 is 1.11 bits per heavy atom. The van der Waals surface area contributed by atoms with Crippen molar-refractivity contribution in [3.63, 3.8) is 0 Å². The van der Waals surface area contributed by atoms with Crippen LogP contribution < -0.4 is 10.6 Å². The number of imide groups is 1. The number of fused-ring (bicyclic) bond motifs is 1. The number of carbonyl (C=O) groups is 5. The summed E-state index contributed by atoms with van der Waals surface area (Å²) in [5.41, 5.74) is 0.453. The van der Waals surface area contributed by atoms with Crippen LogP contribution in [0.3, 0.4) is 0 Å². The first-order valence-corrected chi connectivity index (χ1v) is 9.39. The number of hydrogen-bond donors (Lipinski definition) is 2. The van der Waals surface area contributed by atoms with Gasteiger partial charge in [0.2, 0.25) is 5.91 Å². The van der Waals surface area contributed by atoms with Crippen LogP contribution in [0.4, 0.5) is 0 Å². The number of nitrogens with one attached hydrogen (secondary N) is 2. The van der Waals surface area contributed by atoms with E-state index in [0.29, 0.717) is 0 Å². The van der Waals surface area contributed by atoms with Crippen molar-refractivity contribution in [2.75, 3.05) is 32.2 Å². The summed E-state index contributed by atoms with van der Waals surface area (Å²) in [5.74, 6) is -2.96. The van der Waals surface area contributed by atoms with Crippen molar-refractivity contribution in [3.8, 4) is 0 Å². The van der Waals surface area contributed by atoms with Gasteiger partial charge in [0, 0.05) is 12.8 Å². The summed E-state index contributed by atoms with van der Waals surface area (Å²) >= 11 is 1.26. The minimum atomic E-state index is -1.15. The maximum Gasteiger partial charge on any atom is 0.330 e. The molecule has 0 saturated carbocycles. The molecule has 10 heteroatoms. The number of esters is 1. The average molecular weight is 393 g/mol. The quantitative estimate of drug-likeness (QED) is 0.448. The lowest BCUT2D eigenvalue weighted by atomic mass is 10.1. The van der Waals surface area contributed by atoms with E-state index in [1.165, 1.54) is 30.9 Å². The molecule has 9 nitrogen and oxygen atoms in total. The SMILES string of the molecule is CNC(=O)CNC(=O)COC(=O)[C@@H](CSC)N1C(=O)c2ccccc2C1=O. The fraction of sp³-hybridized carbons (Fsp3) is 0.353. The fourth-order valence-corrected chi connectivity index (χ4v) is 3.05. The van der Waals surface area contributed by atoms with Crippen LogP contribution in [-0.4, -0.2) is 72.7 Å². The molecule has 0 saturated heterocycles. The highest BCUT2D eigenvalue weighted by molar-refractivity contribution is 7.98. The molecule has 2 rings (SSSR count). The number of amides is 4. The zero-order valence-electron chi connectivity index (χ0n) is 14.8. The molecule has 0 unspecified atom stereocenters. The summed E-state index contributed by atoms with van der Waals surface area (Å²) in [6.45, 7) is -0.872. The molecule has 0 radical (unpaired) electrons. The zero-order chi connectivity index (χ0) is 20.0. The maximum atomic E-state index is 12.5. The van der Waals surface area contributed by atoms with E-state index in [1.54, 1.807) is 18.4 Å². The van der Waals surface area contributed by atoms with Gasteiger partial charge in [0.05, 0.1) is 17.7 Å². The summed E-state index contributed by atoms with van der Waals surface area (Å²) < 4.78 is 4.95. The Labute approximate surface area is 159 Å². The fourth-order valence-electron chi connectivity index (χ4n) is 2.45. The zero-order valence-corrected chi connectivity index (χ0v) is 15.6. The lowest BCUT2D eigenvalue weighted by Crippen LogP contribution is -2.48. The lowest BCUT2D eigenvalue weighted by Gasteiger charge is -2.23. The minimum absolute atomic E-state index is 0.129. The molecule has 0 bridgehead atoms. The van der Waals surface area contributed by atoms with Gasteiger partial charge >= 0.3 is 5.97 Å². The lowest BCUT2D eigenvalue weighted by molar-refractivity contribution is -0.151. The molecule has 4 amide bonds. The van der Waals surface area contributed by atoms with Crippen LogP contribution in [0.1, 0.15) is 20.7 Å². The van der Waals surface area contributed by atoms with Crippen LogP contribution in [0.2, 0.25) is 0 Å². The largest absolute Gasteiger partial charge is 0.454 e. The summed E-state index contributed by atoms with van der Waals surface area (Å²) in [6.07, 6.45) is 1.72. The first-order chi connectivity index (χ1) is 12.9. The van der Waals surface area contributed by atoms with Gasteiger partial charge in [-0.15, -0.1) is 0 Å². The molecule has 0 fully saturated rings. The van der Waals surface area contributed by atoms with E-state index in [2.05, 4.69) is 10.6 Å². The van der Waals surface area contributed by atoms with E-state index >= 15 is 0 Å². The van der Waals surface area contributed by atoms with Gasteiger partial charge in [0.25, 0.3) is 17.7 Å². The maximum absolute atomic E-state index is 12.5. The molecule has 1 atom stereocenters. The van der Waals surface area contributed by atoms with Gasteiger partial charge < -0.3 is 15.4 Å². The topological polar surface area (TPSA) is 122 Å². The van der Waals surface area contributed by atoms with Gasteiger partial charge in [0.1, 0.15) is 6.04 Å². The van der Waals surface area contributed by atoms with Crippen molar-refractivity contribution in [2.45, 2.75) is 6.04 Å². The molecular formula is C17H19N3O6S. The van der Waals surface area contributed by atoms with Crippen LogP contribution in [0.25, 0.3) is 0 Å². The predicted octanol–water partition coefficient (Wildman–Crippen LogP) is -0.580. The Kier molecular flexibility index (Phi) is 6.94. The van der Waals surface area contributed by atoms with Crippen LogP contribution in [0.15, 0.2) is 24.3 Å². The first-order valence-electron chi connectivity index (χ1n) is 8.00. The van der Waals surface area contributed by atoms with Crippen LogP contribution in [0, 0.1) is 0 Å². The molecule has 1 heterocycles. The summed E-state index contributed by atoms with van der Waals surface area (Å²) in [4.78, 5) is 61.1. The predicted molar refractivity (Wildman–Crippen MR) is 97.1 cm³/mol. The second kappa shape index (κ2) is 9.17. The van der Waals surface area contributed by atoms with E-state index in [9.17, 15) is 24.0 Å². The number of ether oxygens (including phenoxy) is 1. The second-order valence-electron chi connectivity index (χ2n) is 5.55. The molecule has 0 spiro atoms. The van der Waals surface area contributed by atoms with E-state index in [-0.39, 0.29) is 23.4 Å². The molecule has 1 aliphatic heterocycles. The van der Waals surface area contributed by atoms with Crippen molar-refractivity contribution >= 4 is 41.4 Å². The van der Waals surface area contributed by atoms with Gasteiger partial charge in [-0.25, -0.2) is 4.79 Å². The van der Waals surface area contributed by atoms with Crippen LogP contribution in [-0.2, 0) is 19.1 Å². The number of likely N-dealkylation sites (N-methyl/N-ethyl adjacent to an activating group) is 1. The molecule has 27 heavy (non-hydrogen) atoms. The number of nitrogens with zero attached hydrogens (tertiary/aromatic N) is 1. The summed E-state index contributed by atoms with van der Waals surface area (Å²) in [5, 5.41) is 4.61. The highest BCUT2D eigenvalue weighted by Gasteiger charge is 2.43. The van der Waals surface area contributed by atoms with Gasteiger partial charge in [-0.2, -0.15) is 11.8 Å². The highest BCUT2D eigenvalue weighted by Crippen LogP contribution is 2.26. The third-order valence-electron chi connectivity index (χ3n) is 3.80. The average Bonchev–Trinajstić information content (AvgIpc) is 2.93. The van der Waals surface area contributed by atoms with Gasteiger partial charge in [0.15, 0.2) is 6.61 Å². The number of thioether (sulfide) groups is 1. The third-order valence-corrected chi connectivity index (χ3v) is 4.45. The van der Waals surface area contributed by atoms with Gasteiger partial charge in [-0.05, 0) is 18.4 Å². The van der Waals surface area contributed by atoms with Crippen molar-refractivity contribution in [3.05, 3.63) is 35.4 Å². The smallest absolute Gasteiger partial charge is 0.330 e. The van der Waals surface area contributed by atoms with E-state index in [1.807, 2.05) is 0 Å². The minimum Gasteiger partial charge on any atom is -0.454 e. The summed E-state index contributed by atoms with van der Waals surface area (Å²) in [7, 11) is 1.42. The van der Waals surface area contributed by atoms with Gasteiger partial charge in [-0.1, -0.05) is 12.1 Å². The van der Waals surface area contributed by atoms with Crippen molar-refractivity contribution < 1.29 is 28.7 Å². The number of benzene rings is 1. The Morgan fingerprint density at radius 3 is 2.22 bits per heavy atom. The summed E-state index contributed by atoms with van der Waals surface area (Å²) in [6, 6.07) is 5.14. The molecule has 144 valence electrons. The van der Waals surface area contributed by atoms with E-state index < -0.39 is 42.2 Å². The van der Waals surface area contributed by atoms with Crippen molar-refractivity contribution in [1.29, 1.82) is 0 Å². The Balaban J connectivity index is 2.04. The number of hydrogen-bond acceptors (Lipinski definition) is 7. The number of rotatable bonds is 8. The third kappa shape index (κ3) is 4.64. The Bertz CT molecular complexity index is 747. The van der Waals surface area contributed by atoms with Crippen LogP contribution in [0.5, 0.6) is 0 Å².